The molecule has 8 heteroatoms. The van der Waals surface area contributed by atoms with Crippen molar-refractivity contribution in [1.29, 1.82) is 0 Å². The molecule has 37 heavy (non-hydrogen) atoms. The molecule has 0 unspecified atom stereocenters. The zero-order chi connectivity index (χ0) is 25.5. The van der Waals surface area contributed by atoms with Crippen LogP contribution in [0.25, 0.3) is 28.2 Å². The number of hydrogen-bond acceptors (Lipinski definition) is 5. The van der Waals surface area contributed by atoms with E-state index in [2.05, 4.69) is 25.5 Å². The van der Waals surface area contributed by atoms with Crippen LogP contribution in [0.2, 0.25) is 0 Å². The van der Waals surface area contributed by atoms with Crippen LogP contribution in [0.3, 0.4) is 0 Å². The molecular weight excluding hydrogens is 464 g/mol. The fraction of sp³-hybridized carbons (Fsp3) is 0.310. The first-order chi connectivity index (χ1) is 18.1. The number of fused-ring (bicyclic) bond motifs is 1. The lowest BCUT2D eigenvalue weighted by atomic mass is 10.1. The minimum atomic E-state index is -0.155. The van der Waals surface area contributed by atoms with E-state index in [9.17, 15) is 9.59 Å². The molecule has 0 spiro atoms. The molecule has 2 aromatic carbocycles. The van der Waals surface area contributed by atoms with Gasteiger partial charge in [-0.05, 0) is 74.3 Å². The minimum absolute atomic E-state index is 0.0786. The van der Waals surface area contributed by atoms with Crippen molar-refractivity contribution in [2.45, 2.75) is 32.2 Å². The van der Waals surface area contributed by atoms with Gasteiger partial charge in [-0.1, -0.05) is 36.8 Å². The van der Waals surface area contributed by atoms with Gasteiger partial charge in [0.1, 0.15) is 0 Å². The number of carbonyl (C=O) groups is 1. The van der Waals surface area contributed by atoms with Gasteiger partial charge in [0.15, 0.2) is 0 Å². The Bertz CT molecular complexity index is 1430. The molecule has 4 aromatic rings. The maximum absolute atomic E-state index is 12.4. The third-order valence-electron chi connectivity index (χ3n) is 6.74. The largest absolute Gasteiger partial charge is 0.353 e. The summed E-state index contributed by atoms with van der Waals surface area (Å²) >= 11 is 0. The Morgan fingerprint density at radius 1 is 1.03 bits per heavy atom. The van der Waals surface area contributed by atoms with Gasteiger partial charge in [-0.25, -0.2) is 4.68 Å². The van der Waals surface area contributed by atoms with Gasteiger partial charge in [0.05, 0.1) is 24.0 Å². The van der Waals surface area contributed by atoms with Crippen LogP contribution >= 0.6 is 0 Å². The molecule has 0 saturated carbocycles. The number of nitrogens with one attached hydrogen (secondary N) is 2. The number of piperidine rings is 1. The average Bonchev–Trinajstić information content (AvgIpc) is 3.40. The summed E-state index contributed by atoms with van der Waals surface area (Å²) in [5.74, 6) is -0.0786. The molecule has 5 rings (SSSR count). The van der Waals surface area contributed by atoms with Crippen LogP contribution < -0.4 is 10.9 Å². The number of likely N-dealkylation sites (tertiary alicyclic amines) is 1. The SMILES string of the molecule is O=C(/C=C/c1ccc(-c2ccc(=O)n(Cc3ccc4[nH]ncc4c3)n2)cc1)NCCCN1CCCCC1. The predicted octanol–water partition coefficient (Wildman–Crippen LogP) is 3.84. The molecule has 1 fully saturated rings. The quantitative estimate of drug-likeness (QED) is 0.271. The van der Waals surface area contributed by atoms with Crippen LogP contribution in [0, 0.1) is 0 Å². The summed E-state index contributed by atoms with van der Waals surface area (Å²) in [4.78, 5) is 27.1. The Labute approximate surface area is 216 Å². The Kier molecular flexibility index (Phi) is 7.86. The van der Waals surface area contributed by atoms with E-state index in [1.807, 2.05) is 48.5 Å². The summed E-state index contributed by atoms with van der Waals surface area (Å²) in [7, 11) is 0. The van der Waals surface area contributed by atoms with Gasteiger partial charge in [-0.15, -0.1) is 0 Å². The zero-order valence-electron chi connectivity index (χ0n) is 20.9. The molecule has 0 atom stereocenters. The molecule has 1 amide bonds. The topological polar surface area (TPSA) is 95.9 Å². The van der Waals surface area contributed by atoms with Crippen molar-refractivity contribution in [3.05, 3.63) is 88.4 Å². The van der Waals surface area contributed by atoms with E-state index in [-0.39, 0.29) is 11.5 Å². The van der Waals surface area contributed by atoms with E-state index < -0.39 is 0 Å². The maximum atomic E-state index is 12.4. The van der Waals surface area contributed by atoms with E-state index >= 15 is 0 Å². The highest BCUT2D eigenvalue weighted by Crippen LogP contribution is 2.18. The number of amides is 1. The van der Waals surface area contributed by atoms with Crippen molar-refractivity contribution in [2.75, 3.05) is 26.2 Å². The van der Waals surface area contributed by atoms with Crippen molar-refractivity contribution < 1.29 is 4.79 Å². The van der Waals surface area contributed by atoms with Crippen molar-refractivity contribution in [2.24, 2.45) is 0 Å². The number of carbonyl (C=O) groups excluding carboxylic acids is 1. The van der Waals surface area contributed by atoms with Crippen LogP contribution in [-0.2, 0) is 11.3 Å². The summed E-state index contributed by atoms with van der Waals surface area (Å²) in [5.41, 5.74) is 4.32. The summed E-state index contributed by atoms with van der Waals surface area (Å²) in [5, 5.41) is 15.5. The van der Waals surface area contributed by atoms with Crippen LogP contribution in [0.5, 0.6) is 0 Å². The van der Waals surface area contributed by atoms with Crippen LogP contribution in [-0.4, -0.2) is 57.0 Å². The van der Waals surface area contributed by atoms with Crippen molar-refractivity contribution >= 4 is 22.9 Å². The second-order valence-electron chi connectivity index (χ2n) is 9.51. The van der Waals surface area contributed by atoms with Crippen LogP contribution in [0.1, 0.15) is 36.8 Å². The number of benzene rings is 2. The molecule has 1 aliphatic heterocycles. The van der Waals surface area contributed by atoms with Gasteiger partial charge in [0.25, 0.3) is 5.56 Å². The molecule has 0 radical (unpaired) electrons. The lowest BCUT2D eigenvalue weighted by molar-refractivity contribution is -0.116. The predicted molar refractivity (Wildman–Crippen MR) is 146 cm³/mol. The summed E-state index contributed by atoms with van der Waals surface area (Å²) in [6.07, 6.45) is 10.0. The number of nitrogens with zero attached hydrogens (tertiary/aromatic N) is 4. The van der Waals surface area contributed by atoms with E-state index in [4.69, 9.17) is 0 Å². The first kappa shape index (κ1) is 24.6. The molecule has 0 aliphatic carbocycles. The molecule has 8 nitrogen and oxygen atoms in total. The highest BCUT2D eigenvalue weighted by atomic mass is 16.1. The molecule has 2 N–H and O–H groups in total. The highest BCUT2D eigenvalue weighted by molar-refractivity contribution is 5.91. The van der Waals surface area contributed by atoms with Crippen LogP contribution in [0.4, 0.5) is 0 Å². The highest BCUT2D eigenvalue weighted by Gasteiger charge is 2.09. The molecular formula is C29H32N6O2. The lowest BCUT2D eigenvalue weighted by Gasteiger charge is -2.26. The van der Waals surface area contributed by atoms with E-state index in [1.54, 1.807) is 24.4 Å². The Morgan fingerprint density at radius 3 is 2.70 bits per heavy atom. The number of rotatable bonds is 9. The van der Waals surface area contributed by atoms with Gasteiger partial charge >= 0.3 is 0 Å². The Morgan fingerprint density at radius 2 is 1.86 bits per heavy atom. The standard InChI is InChI=1S/C29H32N6O2/c36-28(30-15-4-18-34-16-2-1-3-17-34)13-8-22-5-9-24(10-6-22)27-12-14-29(37)35(33-27)21-23-7-11-26-25(19-23)20-31-32-26/h5-14,19-20H,1-4,15-18,21H2,(H,30,36)(H,31,32)/b13-8+. The van der Waals surface area contributed by atoms with E-state index in [1.165, 1.54) is 37.0 Å². The fourth-order valence-electron chi connectivity index (χ4n) is 4.67. The zero-order valence-corrected chi connectivity index (χ0v) is 20.9. The number of aromatic amines is 1. The average molecular weight is 497 g/mol. The van der Waals surface area contributed by atoms with E-state index in [0.717, 1.165) is 40.6 Å². The first-order valence-electron chi connectivity index (χ1n) is 12.9. The molecule has 0 bridgehead atoms. The van der Waals surface area contributed by atoms with Crippen molar-refractivity contribution in [3.8, 4) is 11.3 Å². The summed E-state index contributed by atoms with van der Waals surface area (Å²) in [6.45, 7) is 4.48. The Hall–Kier alpha value is -4.04. The second kappa shape index (κ2) is 11.8. The van der Waals surface area contributed by atoms with Crippen molar-refractivity contribution in [1.82, 2.24) is 30.2 Å². The van der Waals surface area contributed by atoms with Gasteiger partial charge in [-0.2, -0.15) is 10.2 Å². The second-order valence-corrected chi connectivity index (χ2v) is 9.51. The summed E-state index contributed by atoms with van der Waals surface area (Å²) < 4.78 is 1.47. The van der Waals surface area contributed by atoms with Gasteiger partial charge < -0.3 is 10.2 Å². The van der Waals surface area contributed by atoms with Crippen molar-refractivity contribution in [3.63, 3.8) is 0 Å². The summed E-state index contributed by atoms with van der Waals surface area (Å²) in [6, 6.07) is 17.0. The molecule has 2 aromatic heterocycles. The molecule has 1 aliphatic rings. The third-order valence-corrected chi connectivity index (χ3v) is 6.74. The molecule has 1 saturated heterocycles. The number of hydrogen-bond donors (Lipinski definition) is 2. The number of H-pyrrole nitrogens is 1. The first-order valence-corrected chi connectivity index (χ1v) is 12.9. The monoisotopic (exact) mass is 496 g/mol. The number of aromatic nitrogens is 4. The molecule has 190 valence electrons. The normalized spacial score (nSPS) is 14.4. The lowest BCUT2D eigenvalue weighted by Crippen LogP contribution is -2.33. The smallest absolute Gasteiger partial charge is 0.267 e. The fourth-order valence-corrected chi connectivity index (χ4v) is 4.67. The van der Waals surface area contributed by atoms with Gasteiger partial charge in [0, 0.05) is 29.6 Å². The molecule has 3 heterocycles. The minimum Gasteiger partial charge on any atom is -0.353 e. The van der Waals surface area contributed by atoms with Gasteiger partial charge in [-0.3, -0.25) is 14.7 Å². The third kappa shape index (κ3) is 6.59. The maximum Gasteiger partial charge on any atom is 0.267 e. The van der Waals surface area contributed by atoms with Gasteiger partial charge in [0.2, 0.25) is 5.91 Å². The van der Waals surface area contributed by atoms with E-state index in [0.29, 0.717) is 18.8 Å². The van der Waals surface area contributed by atoms with Crippen LogP contribution in [0.15, 0.2) is 71.7 Å². The Balaban J connectivity index is 1.16.